The summed E-state index contributed by atoms with van der Waals surface area (Å²) in [5.41, 5.74) is 1.40. The molecule has 0 spiro atoms. The first-order chi connectivity index (χ1) is 7.58. The number of H-pyrrole nitrogens is 1. The standard InChI is InChI=1S/C10H6Cl2N2O2/c11-8-2-1-6(3-9(8)12)10-4-7(5-13-10)14(15)16/h1-5,13H. The van der Waals surface area contributed by atoms with E-state index >= 15 is 0 Å². The van der Waals surface area contributed by atoms with Gasteiger partial charge in [0.15, 0.2) is 0 Å². The first kappa shape index (κ1) is 11.0. The molecule has 6 heteroatoms. The molecule has 0 radical (unpaired) electrons. The second-order valence-corrected chi connectivity index (χ2v) is 3.97. The van der Waals surface area contributed by atoms with Crippen LogP contribution in [-0.2, 0) is 0 Å². The Balaban J connectivity index is 2.42. The molecule has 1 aromatic carbocycles. The summed E-state index contributed by atoms with van der Waals surface area (Å²) in [4.78, 5) is 12.9. The van der Waals surface area contributed by atoms with Crippen molar-refractivity contribution in [2.45, 2.75) is 0 Å². The van der Waals surface area contributed by atoms with E-state index < -0.39 is 4.92 Å². The number of rotatable bonds is 2. The quantitative estimate of drug-likeness (QED) is 0.655. The molecular formula is C10H6Cl2N2O2. The fourth-order valence-corrected chi connectivity index (χ4v) is 1.62. The average Bonchev–Trinajstić information content (AvgIpc) is 2.71. The summed E-state index contributed by atoms with van der Waals surface area (Å²) >= 11 is 11.6. The molecule has 16 heavy (non-hydrogen) atoms. The lowest BCUT2D eigenvalue weighted by Crippen LogP contribution is -1.82. The van der Waals surface area contributed by atoms with Crippen molar-refractivity contribution in [3.8, 4) is 11.3 Å². The van der Waals surface area contributed by atoms with E-state index in [0.29, 0.717) is 15.7 Å². The van der Waals surface area contributed by atoms with E-state index in [1.807, 2.05) is 0 Å². The second-order valence-electron chi connectivity index (χ2n) is 3.16. The number of nitrogens with one attached hydrogen (secondary N) is 1. The normalized spacial score (nSPS) is 10.4. The van der Waals surface area contributed by atoms with E-state index in [-0.39, 0.29) is 5.69 Å². The van der Waals surface area contributed by atoms with Crippen LogP contribution in [0.5, 0.6) is 0 Å². The maximum absolute atomic E-state index is 10.5. The minimum atomic E-state index is -0.461. The fraction of sp³-hybridized carbons (Fsp3) is 0. The van der Waals surface area contributed by atoms with Gasteiger partial charge in [-0.25, -0.2) is 0 Å². The third kappa shape index (κ3) is 2.03. The largest absolute Gasteiger partial charge is 0.355 e. The maximum atomic E-state index is 10.5. The zero-order valence-corrected chi connectivity index (χ0v) is 9.42. The van der Waals surface area contributed by atoms with E-state index in [9.17, 15) is 10.1 Å². The molecule has 1 N–H and O–H groups in total. The zero-order chi connectivity index (χ0) is 11.7. The summed E-state index contributed by atoms with van der Waals surface area (Å²) in [5, 5.41) is 11.4. The summed E-state index contributed by atoms with van der Waals surface area (Å²) in [6, 6.07) is 6.48. The highest BCUT2D eigenvalue weighted by Gasteiger charge is 2.10. The van der Waals surface area contributed by atoms with Crippen molar-refractivity contribution in [1.82, 2.24) is 4.98 Å². The van der Waals surface area contributed by atoms with Crippen LogP contribution < -0.4 is 0 Å². The van der Waals surface area contributed by atoms with Gasteiger partial charge in [-0.3, -0.25) is 10.1 Å². The van der Waals surface area contributed by atoms with Gasteiger partial charge in [0.05, 0.1) is 26.9 Å². The van der Waals surface area contributed by atoms with Crippen LogP contribution in [0.25, 0.3) is 11.3 Å². The minimum absolute atomic E-state index is 0.0149. The Labute approximate surface area is 101 Å². The Hall–Kier alpha value is -1.52. The van der Waals surface area contributed by atoms with Gasteiger partial charge >= 0.3 is 0 Å². The Morgan fingerprint density at radius 3 is 2.50 bits per heavy atom. The molecule has 0 unspecified atom stereocenters. The van der Waals surface area contributed by atoms with Crippen molar-refractivity contribution in [3.05, 3.63) is 50.6 Å². The number of aromatic amines is 1. The predicted molar refractivity (Wildman–Crippen MR) is 62.9 cm³/mol. The molecule has 1 aromatic heterocycles. The number of hydrogen-bond acceptors (Lipinski definition) is 2. The molecule has 4 nitrogen and oxygen atoms in total. The molecule has 2 aromatic rings. The van der Waals surface area contributed by atoms with Gasteiger partial charge in [-0.05, 0) is 17.7 Å². The molecule has 0 aliphatic rings. The Kier molecular flexibility index (Phi) is 2.85. The van der Waals surface area contributed by atoms with Gasteiger partial charge in [-0.2, -0.15) is 0 Å². The summed E-state index contributed by atoms with van der Waals surface area (Å²) in [6.45, 7) is 0. The smallest absolute Gasteiger partial charge is 0.287 e. The van der Waals surface area contributed by atoms with Crippen molar-refractivity contribution in [2.75, 3.05) is 0 Å². The summed E-state index contributed by atoms with van der Waals surface area (Å²) in [6.07, 6.45) is 1.33. The van der Waals surface area contributed by atoms with Gasteiger partial charge < -0.3 is 4.98 Å². The van der Waals surface area contributed by atoms with Crippen molar-refractivity contribution >= 4 is 28.9 Å². The molecular weight excluding hydrogens is 251 g/mol. The molecule has 0 aliphatic carbocycles. The summed E-state index contributed by atoms with van der Waals surface area (Å²) in [7, 11) is 0. The van der Waals surface area contributed by atoms with Gasteiger partial charge in [-0.15, -0.1) is 0 Å². The van der Waals surface area contributed by atoms with Crippen LogP contribution in [0.3, 0.4) is 0 Å². The highest BCUT2D eigenvalue weighted by Crippen LogP contribution is 2.29. The van der Waals surface area contributed by atoms with Crippen LogP contribution in [0, 0.1) is 10.1 Å². The Morgan fingerprint density at radius 1 is 1.19 bits per heavy atom. The third-order valence-electron chi connectivity index (χ3n) is 2.11. The topological polar surface area (TPSA) is 58.9 Å². The number of aromatic nitrogens is 1. The van der Waals surface area contributed by atoms with Crippen LogP contribution in [0.4, 0.5) is 5.69 Å². The maximum Gasteiger partial charge on any atom is 0.287 e. The molecule has 0 fully saturated rings. The Bertz CT molecular complexity index is 552. The third-order valence-corrected chi connectivity index (χ3v) is 2.85. The van der Waals surface area contributed by atoms with Crippen LogP contribution >= 0.6 is 23.2 Å². The van der Waals surface area contributed by atoms with Crippen molar-refractivity contribution < 1.29 is 4.92 Å². The molecule has 1 heterocycles. The first-order valence-corrected chi connectivity index (χ1v) is 5.12. The molecule has 0 amide bonds. The average molecular weight is 257 g/mol. The highest BCUT2D eigenvalue weighted by molar-refractivity contribution is 6.42. The molecule has 2 rings (SSSR count). The molecule has 82 valence electrons. The van der Waals surface area contributed by atoms with E-state index in [2.05, 4.69) is 4.98 Å². The lowest BCUT2D eigenvalue weighted by molar-refractivity contribution is -0.384. The van der Waals surface area contributed by atoms with Crippen molar-refractivity contribution in [1.29, 1.82) is 0 Å². The van der Waals surface area contributed by atoms with Gasteiger partial charge in [0.1, 0.15) is 0 Å². The number of halogens is 2. The van der Waals surface area contributed by atoms with Crippen molar-refractivity contribution in [2.24, 2.45) is 0 Å². The van der Waals surface area contributed by atoms with Crippen LogP contribution in [0.2, 0.25) is 10.0 Å². The fourth-order valence-electron chi connectivity index (χ4n) is 1.32. The first-order valence-electron chi connectivity index (χ1n) is 4.36. The lowest BCUT2D eigenvalue weighted by Gasteiger charge is -1.99. The summed E-state index contributed by atoms with van der Waals surface area (Å²) < 4.78 is 0. The van der Waals surface area contributed by atoms with Gasteiger partial charge in [0.2, 0.25) is 0 Å². The molecule has 0 aliphatic heterocycles. The monoisotopic (exact) mass is 256 g/mol. The minimum Gasteiger partial charge on any atom is -0.355 e. The van der Waals surface area contributed by atoms with Gasteiger partial charge in [0.25, 0.3) is 5.69 Å². The van der Waals surface area contributed by atoms with E-state index in [4.69, 9.17) is 23.2 Å². The second kappa shape index (κ2) is 4.15. The number of hydrogen-bond donors (Lipinski definition) is 1. The molecule has 0 bridgehead atoms. The lowest BCUT2D eigenvalue weighted by atomic mass is 10.1. The van der Waals surface area contributed by atoms with Gasteiger partial charge in [0, 0.05) is 6.07 Å². The van der Waals surface area contributed by atoms with Gasteiger partial charge in [-0.1, -0.05) is 29.3 Å². The molecule has 0 atom stereocenters. The van der Waals surface area contributed by atoms with Crippen LogP contribution in [0.1, 0.15) is 0 Å². The van der Waals surface area contributed by atoms with E-state index in [1.165, 1.54) is 12.3 Å². The number of benzene rings is 1. The Morgan fingerprint density at radius 2 is 1.94 bits per heavy atom. The predicted octanol–water partition coefficient (Wildman–Crippen LogP) is 3.90. The number of nitro groups is 1. The number of nitrogens with zero attached hydrogens (tertiary/aromatic N) is 1. The van der Waals surface area contributed by atoms with E-state index in [1.54, 1.807) is 18.2 Å². The van der Waals surface area contributed by atoms with Crippen molar-refractivity contribution in [3.63, 3.8) is 0 Å². The van der Waals surface area contributed by atoms with Crippen LogP contribution in [0.15, 0.2) is 30.5 Å². The SMILES string of the molecule is O=[N+]([O-])c1c[nH]c(-c2ccc(Cl)c(Cl)c2)c1. The molecule has 0 saturated carbocycles. The zero-order valence-electron chi connectivity index (χ0n) is 7.91. The summed E-state index contributed by atoms with van der Waals surface area (Å²) in [5.74, 6) is 0. The van der Waals surface area contributed by atoms with E-state index in [0.717, 1.165) is 5.56 Å². The molecule has 0 saturated heterocycles. The van der Waals surface area contributed by atoms with Crippen LogP contribution in [-0.4, -0.2) is 9.91 Å². The highest BCUT2D eigenvalue weighted by atomic mass is 35.5.